The van der Waals surface area contributed by atoms with Gasteiger partial charge in [-0.15, -0.1) is 11.3 Å². The second-order valence-corrected chi connectivity index (χ2v) is 11.5. The van der Waals surface area contributed by atoms with Crippen molar-refractivity contribution in [2.75, 3.05) is 38.7 Å². The predicted molar refractivity (Wildman–Crippen MR) is 145 cm³/mol. The fraction of sp³-hybridized carbons (Fsp3) is 0.308. The number of anilines is 1. The van der Waals surface area contributed by atoms with E-state index in [0.29, 0.717) is 23.8 Å². The summed E-state index contributed by atoms with van der Waals surface area (Å²) >= 11 is 1.09. The molecule has 0 saturated carbocycles. The third-order valence-corrected chi connectivity index (χ3v) is 9.28. The summed E-state index contributed by atoms with van der Waals surface area (Å²) in [6.07, 6.45) is 0. The van der Waals surface area contributed by atoms with Gasteiger partial charge in [-0.3, -0.25) is 4.79 Å². The monoisotopic (exact) mass is 558 g/mol. The average molecular weight is 559 g/mol. The summed E-state index contributed by atoms with van der Waals surface area (Å²) in [5.41, 5.74) is 1.36. The van der Waals surface area contributed by atoms with Crippen LogP contribution in [0.2, 0.25) is 0 Å². The molecule has 1 unspecified atom stereocenters. The Morgan fingerprint density at radius 2 is 1.84 bits per heavy atom. The topological polar surface area (TPSA) is 117 Å². The quantitative estimate of drug-likeness (QED) is 0.416. The first-order valence-electron chi connectivity index (χ1n) is 12.1. The van der Waals surface area contributed by atoms with E-state index in [2.05, 4.69) is 10.6 Å². The molecule has 1 atom stereocenters. The van der Waals surface area contributed by atoms with Crippen LogP contribution in [0.15, 0.2) is 70.3 Å². The number of carbonyl (C=O) groups is 2. The van der Waals surface area contributed by atoms with Crippen LogP contribution in [-0.4, -0.2) is 69.0 Å². The third kappa shape index (κ3) is 6.44. The molecule has 10 nitrogen and oxygen atoms in total. The maximum absolute atomic E-state index is 13.4. The van der Waals surface area contributed by atoms with E-state index in [-0.39, 0.29) is 30.4 Å². The van der Waals surface area contributed by atoms with Crippen molar-refractivity contribution in [2.45, 2.75) is 23.7 Å². The number of carbonyl (C=O) groups excluding carboxylic acids is 2. The molecule has 12 heteroatoms. The molecule has 202 valence electrons. The first-order valence-corrected chi connectivity index (χ1v) is 14.4. The van der Waals surface area contributed by atoms with E-state index in [4.69, 9.17) is 9.47 Å². The highest BCUT2D eigenvalue weighted by molar-refractivity contribution is 7.91. The second-order valence-electron chi connectivity index (χ2n) is 8.47. The molecule has 3 amide bonds. The van der Waals surface area contributed by atoms with Crippen LogP contribution >= 0.6 is 11.3 Å². The Morgan fingerprint density at radius 1 is 1.05 bits per heavy atom. The summed E-state index contributed by atoms with van der Waals surface area (Å²) in [4.78, 5) is 27.9. The molecular formula is C26H30N4O6S2. The number of thiophene rings is 1. The molecule has 2 aromatic carbocycles. The zero-order valence-corrected chi connectivity index (χ0v) is 22.8. The van der Waals surface area contributed by atoms with Crippen LogP contribution < -0.4 is 20.1 Å². The zero-order valence-electron chi connectivity index (χ0n) is 21.1. The number of sulfonamides is 1. The average Bonchev–Trinajstić information content (AvgIpc) is 3.49. The first-order chi connectivity index (χ1) is 18.3. The third-order valence-electron chi connectivity index (χ3n) is 6.00. The zero-order chi connectivity index (χ0) is 27.1. The molecule has 0 radical (unpaired) electrons. The van der Waals surface area contributed by atoms with E-state index in [1.54, 1.807) is 55.0 Å². The van der Waals surface area contributed by atoms with Crippen LogP contribution in [0.3, 0.4) is 0 Å². The van der Waals surface area contributed by atoms with Gasteiger partial charge in [0.15, 0.2) is 0 Å². The molecule has 3 aromatic rings. The molecule has 0 aliphatic carbocycles. The number of ether oxygens (including phenoxy) is 2. The number of urea groups is 1. The predicted octanol–water partition coefficient (Wildman–Crippen LogP) is 3.38. The van der Waals surface area contributed by atoms with Crippen LogP contribution in [0.5, 0.6) is 11.5 Å². The van der Waals surface area contributed by atoms with E-state index in [1.165, 1.54) is 15.3 Å². The summed E-state index contributed by atoms with van der Waals surface area (Å²) < 4.78 is 38.8. The fourth-order valence-electron chi connectivity index (χ4n) is 4.07. The lowest BCUT2D eigenvalue weighted by atomic mass is 10.1. The van der Waals surface area contributed by atoms with Crippen LogP contribution in [-0.2, 0) is 21.4 Å². The van der Waals surface area contributed by atoms with E-state index < -0.39 is 28.0 Å². The van der Waals surface area contributed by atoms with Crippen molar-refractivity contribution >= 4 is 39.0 Å². The normalized spacial score (nSPS) is 16.1. The minimum absolute atomic E-state index is 0.0197. The lowest BCUT2D eigenvalue weighted by Crippen LogP contribution is -2.61. The summed E-state index contributed by atoms with van der Waals surface area (Å²) in [7, 11) is -2.37. The molecular weight excluding hydrogens is 528 g/mol. The van der Waals surface area contributed by atoms with Gasteiger partial charge < -0.3 is 25.0 Å². The summed E-state index contributed by atoms with van der Waals surface area (Å²) in [6.45, 7) is 2.61. The van der Waals surface area contributed by atoms with Crippen LogP contribution in [0, 0.1) is 0 Å². The number of methoxy groups -OCH3 is 1. The lowest BCUT2D eigenvalue weighted by molar-refractivity contribution is -0.126. The molecule has 1 aliphatic heterocycles. The van der Waals surface area contributed by atoms with Gasteiger partial charge in [0.2, 0.25) is 5.91 Å². The van der Waals surface area contributed by atoms with E-state index in [1.807, 2.05) is 19.1 Å². The summed E-state index contributed by atoms with van der Waals surface area (Å²) in [5.74, 6) is 0.839. The first kappa shape index (κ1) is 27.4. The number of amides is 3. The Labute approximate surface area is 226 Å². The van der Waals surface area contributed by atoms with Crippen LogP contribution in [0.1, 0.15) is 12.5 Å². The van der Waals surface area contributed by atoms with E-state index in [0.717, 1.165) is 16.9 Å². The van der Waals surface area contributed by atoms with Crippen molar-refractivity contribution in [3.63, 3.8) is 0 Å². The number of benzene rings is 2. The fourth-order valence-corrected chi connectivity index (χ4v) is 6.76. The van der Waals surface area contributed by atoms with Gasteiger partial charge in [0.05, 0.1) is 13.7 Å². The van der Waals surface area contributed by atoms with E-state index in [9.17, 15) is 18.0 Å². The molecule has 1 saturated heterocycles. The van der Waals surface area contributed by atoms with Crippen molar-refractivity contribution < 1.29 is 27.5 Å². The lowest BCUT2D eigenvalue weighted by Gasteiger charge is -2.39. The van der Waals surface area contributed by atoms with Crippen molar-refractivity contribution in [2.24, 2.45) is 0 Å². The molecule has 38 heavy (non-hydrogen) atoms. The van der Waals surface area contributed by atoms with Gasteiger partial charge in [0, 0.05) is 31.9 Å². The number of nitrogens with one attached hydrogen (secondary N) is 2. The van der Waals surface area contributed by atoms with Crippen LogP contribution in [0.25, 0.3) is 0 Å². The number of nitrogens with zero attached hydrogens (tertiary/aromatic N) is 2. The van der Waals surface area contributed by atoms with Crippen molar-refractivity contribution in [3.8, 4) is 11.5 Å². The van der Waals surface area contributed by atoms with Gasteiger partial charge in [-0.05, 0) is 60.3 Å². The number of rotatable bonds is 9. The summed E-state index contributed by atoms with van der Waals surface area (Å²) in [5, 5.41) is 7.31. The molecule has 0 spiro atoms. The Kier molecular flexibility index (Phi) is 8.87. The molecule has 1 aliphatic rings. The Balaban J connectivity index is 1.50. The number of piperazine rings is 1. The molecule has 2 N–H and O–H groups in total. The second kappa shape index (κ2) is 12.3. The summed E-state index contributed by atoms with van der Waals surface area (Å²) in [6, 6.07) is 15.8. The Hall–Kier alpha value is -3.61. The SMILES string of the molecule is CCOc1ccc(NC(=O)N2CCN(S(=O)(=O)c3cccs3)C(C(=O)NCc3cccc(OC)c3)C2)cc1. The van der Waals surface area contributed by atoms with Gasteiger partial charge >= 0.3 is 6.03 Å². The van der Waals surface area contributed by atoms with E-state index >= 15 is 0 Å². The maximum Gasteiger partial charge on any atom is 0.321 e. The number of hydrogen-bond acceptors (Lipinski definition) is 7. The van der Waals surface area contributed by atoms with Crippen molar-refractivity contribution in [1.82, 2.24) is 14.5 Å². The van der Waals surface area contributed by atoms with Crippen LogP contribution in [0.4, 0.5) is 10.5 Å². The molecule has 1 aromatic heterocycles. The number of hydrogen-bond donors (Lipinski definition) is 2. The highest BCUT2D eigenvalue weighted by Crippen LogP contribution is 2.26. The molecule has 4 rings (SSSR count). The Morgan fingerprint density at radius 3 is 2.53 bits per heavy atom. The van der Waals surface area contributed by atoms with Gasteiger partial charge in [-0.25, -0.2) is 13.2 Å². The standard InChI is InChI=1S/C26H30N4O6S2/c1-3-36-21-11-9-20(10-12-21)28-26(32)29-13-14-30(38(33,34)24-8-5-15-37-24)23(18-29)25(31)27-17-19-6-4-7-22(16-19)35-2/h4-12,15-16,23H,3,13-14,17-18H2,1-2H3,(H,27,31)(H,28,32). The highest BCUT2D eigenvalue weighted by atomic mass is 32.2. The molecule has 0 bridgehead atoms. The molecule has 2 heterocycles. The van der Waals surface area contributed by atoms with Crippen molar-refractivity contribution in [1.29, 1.82) is 0 Å². The van der Waals surface area contributed by atoms with Gasteiger partial charge in [-0.2, -0.15) is 4.31 Å². The van der Waals surface area contributed by atoms with Crippen molar-refractivity contribution in [3.05, 3.63) is 71.6 Å². The van der Waals surface area contributed by atoms with Gasteiger partial charge in [0.1, 0.15) is 21.8 Å². The maximum atomic E-state index is 13.4. The minimum atomic E-state index is -3.93. The smallest absolute Gasteiger partial charge is 0.321 e. The Bertz CT molecular complexity index is 1350. The molecule has 1 fully saturated rings. The van der Waals surface area contributed by atoms with Gasteiger partial charge in [0.25, 0.3) is 10.0 Å². The largest absolute Gasteiger partial charge is 0.497 e. The highest BCUT2D eigenvalue weighted by Gasteiger charge is 2.41. The van der Waals surface area contributed by atoms with Gasteiger partial charge in [-0.1, -0.05) is 18.2 Å². The minimum Gasteiger partial charge on any atom is -0.497 e.